The molecule has 1 atom stereocenters. The Balaban J connectivity index is 2.67. The average Bonchev–Trinajstić information content (AvgIpc) is 2.29. The molecule has 0 fully saturated rings. The van der Waals surface area contributed by atoms with Crippen molar-refractivity contribution in [2.75, 3.05) is 6.54 Å². The standard InChI is InChI=1S/C13H20ClNO2S/c1-3-4-12-5-7-13(8-6-12)18(16,17)15-10-9-11(2)14/h5-8,11,15H,3-4,9-10H2,1-2H3. The summed E-state index contributed by atoms with van der Waals surface area (Å²) in [4.78, 5) is 0.310. The summed E-state index contributed by atoms with van der Waals surface area (Å²) in [6.45, 7) is 4.30. The fraction of sp³-hybridized carbons (Fsp3) is 0.538. The van der Waals surface area contributed by atoms with Gasteiger partial charge in [-0.15, -0.1) is 11.6 Å². The van der Waals surface area contributed by atoms with Crippen LogP contribution in [0.25, 0.3) is 0 Å². The largest absolute Gasteiger partial charge is 0.240 e. The molecule has 0 spiro atoms. The van der Waals surface area contributed by atoms with Gasteiger partial charge in [0, 0.05) is 11.9 Å². The SMILES string of the molecule is CCCc1ccc(S(=O)(=O)NCCC(C)Cl)cc1. The molecule has 102 valence electrons. The smallest absolute Gasteiger partial charge is 0.211 e. The van der Waals surface area contributed by atoms with E-state index in [1.165, 1.54) is 0 Å². The van der Waals surface area contributed by atoms with Gasteiger partial charge in [-0.2, -0.15) is 0 Å². The van der Waals surface area contributed by atoms with Crippen LogP contribution in [0.15, 0.2) is 29.2 Å². The van der Waals surface area contributed by atoms with Crippen LogP contribution in [0.5, 0.6) is 0 Å². The third-order valence-corrected chi connectivity index (χ3v) is 4.30. The monoisotopic (exact) mass is 289 g/mol. The number of rotatable bonds is 7. The summed E-state index contributed by atoms with van der Waals surface area (Å²) in [5, 5.41) is -0.0281. The number of hydrogen-bond donors (Lipinski definition) is 1. The van der Waals surface area contributed by atoms with Gasteiger partial charge in [-0.1, -0.05) is 25.5 Å². The van der Waals surface area contributed by atoms with Crippen LogP contribution >= 0.6 is 11.6 Å². The Morgan fingerprint density at radius 1 is 1.28 bits per heavy atom. The summed E-state index contributed by atoms with van der Waals surface area (Å²) >= 11 is 5.77. The van der Waals surface area contributed by atoms with Crippen molar-refractivity contribution in [2.45, 2.75) is 43.4 Å². The van der Waals surface area contributed by atoms with Crippen molar-refractivity contribution in [1.29, 1.82) is 0 Å². The number of nitrogens with one attached hydrogen (secondary N) is 1. The first-order chi connectivity index (χ1) is 8.45. The first-order valence-electron chi connectivity index (χ1n) is 6.18. The van der Waals surface area contributed by atoms with Crippen LogP contribution in [0.1, 0.15) is 32.3 Å². The highest BCUT2D eigenvalue weighted by molar-refractivity contribution is 7.89. The van der Waals surface area contributed by atoms with Crippen molar-refractivity contribution in [3.05, 3.63) is 29.8 Å². The highest BCUT2D eigenvalue weighted by Crippen LogP contribution is 2.12. The Kier molecular flexibility index (Phi) is 6.12. The Bertz CT molecular complexity index is 454. The molecule has 0 amide bonds. The van der Waals surface area contributed by atoms with Gasteiger partial charge in [-0.3, -0.25) is 0 Å². The van der Waals surface area contributed by atoms with E-state index in [-0.39, 0.29) is 5.38 Å². The molecule has 1 rings (SSSR count). The first kappa shape index (κ1) is 15.5. The van der Waals surface area contributed by atoms with Gasteiger partial charge in [-0.25, -0.2) is 13.1 Å². The van der Waals surface area contributed by atoms with Crippen molar-refractivity contribution in [1.82, 2.24) is 4.72 Å². The molecular weight excluding hydrogens is 270 g/mol. The highest BCUT2D eigenvalue weighted by Gasteiger charge is 2.13. The van der Waals surface area contributed by atoms with E-state index in [0.717, 1.165) is 18.4 Å². The van der Waals surface area contributed by atoms with Crippen molar-refractivity contribution in [3.8, 4) is 0 Å². The van der Waals surface area contributed by atoms with Crippen molar-refractivity contribution < 1.29 is 8.42 Å². The zero-order chi connectivity index (χ0) is 13.6. The molecule has 1 unspecified atom stereocenters. The maximum absolute atomic E-state index is 11.9. The molecule has 1 N–H and O–H groups in total. The lowest BCUT2D eigenvalue weighted by Gasteiger charge is -2.08. The molecule has 0 aromatic heterocycles. The molecule has 0 aliphatic heterocycles. The lowest BCUT2D eigenvalue weighted by atomic mass is 10.1. The normalized spacial score (nSPS) is 13.5. The van der Waals surface area contributed by atoms with Crippen LogP contribution in [0, 0.1) is 0 Å². The molecule has 0 aliphatic rings. The molecule has 3 nitrogen and oxygen atoms in total. The molecule has 5 heteroatoms. The Hall–Kier alpha value is -0.580. The van der Waals surface area contributed by atoms with E-state index in [0.29, 0.717) is 17.9 Å². The van der Waals surface area contributed by atoms with Crippen LogP contribution in [0.4, 0.5) is 0 Å². The van der Waals surface area contributed by atoms with E-state index in [4.69, 9.17) is 11.6 Å². The van der Waals surface area contributed by atoms with Crippen molar-refractivity contribution in [3.63, 3.8) is 0 Å². The van der Waals surface area contributed by atoms with E-state index < -0.39 is 10.0 Å². The second-order valence-corrected chi connectivity index (χ2v) is 6.87. The summed E-state index contributed by atoms with van der Waals surface area (Å²) in [6, 6.07) is 7.03. The number of halogens is 1. The zero-order valence-corrected chi connectivity index (χ0v) is 12.4. The van der Waals surface area contributed by atoms with Crippen LogP contribution in [-0.4, -0.2) is 20.3 Å². The molecule has 0 saturated carbocycles. The van der Waals surface area contributed by atoms with Gasteiger partial charge in [0.2, 0.25) is 10.0 Å². The van der Waals surface area contributed by atoms with Gasteiger partial charge in [0.25, 0.3) is 0 Å². The Morgan fingerprint density at radius 3 is 2.39 bits per heavy atom. The number of alkyl halides is 1. The maximum Gasteiger partial charge on any atom is 0.240 e. The first-order valence-corrected chi connectivity index (χ1v) is 8.10. The predicted molar refractivity (Wildman–Crippen MR) is 75.6 cm³/mol. The molecule has 1 aromatic rings. The lowest BCUT2D eigenvalue weighted by Crippen LogP contribution is -2.26. The van der Waals surface area contributed by atoms with Crippen molar-refractivity contribution >= 4 is 21.6 Å². The molecule has 0 radical (unpaired) electrons. The van der Waals surface area contributed by atoms with Crippen molar-refractivity contribution in [2.24, 2.45) is 0 Å². The topological polar surface area (TPSA) is 46.2 Å². The van der Waals surface area contributed by atoms with Gasteiger partial charge < -0.3 is 0 Å². The third-order valence-electron chi connectivity index (χ3n) is 2.61. The summed E-state index contributed by atoms with van der Waals surface area (Å²) in [7, 11) is -3.40. The van der Waals surface area contributed by atoms with E-state index in [2.05, 4.69) is 11.6 Å². The minimum absolute atomic E-state index is 0.0281. The van der Waals surface area contributed by atoms with Crippen LogP contribution < -0.4 is 4.72 Å². The van der Waals surface area contributed by atoms with E-state index in [9.17, 15) is 8.42 Å². The van der Waals surface area contributed by atoms with Gasteiger partial charge >= 0.3 is 0 Å². The van der Waals surface area contributed by atoms with Gasteiger partial charge in [0.15, 0.2) is 0 Å². The number of sulfonamides is 1. The second kappa shape index (κ2) is 7.12. The summed E-state index contributed by atoms with van der Waals surface area (Å²) in [5.74, 6) is 0. The quantitative estimate of drug-likeness (QED) is 0.785. The number of hydrogen-bond acceptors (Lipinski definition) is 2. The van der Waals surface area contributed by atoms with E-state index in [1.54, 1.807) is 12.1 Å². The zero-order valence-electron chi connectivity index (χ0n) is 10.8. The summed E-state index contributed by atoms with van der Waals surface area (Å²) in [6.07, 6.45) is 2.64. The third kappa shape index (κ3) is 4.96. The predicted octanol–water partition coefficient (Wildman–Crippen LogP) is 2.93. The molecule has 18 heavy (non-hydrogen) atoms. The molecule has 0 saturated heterocycles. The van der Waals surface area contributed by atoms with E-state index in [1.807, 2.05) is 19.1 Å². The number of benzene rings is 1. The molecular formula is C13H20ClNO2S. The Labute approximate surface area is 115 Å². The minimum atomic E-state index is -3.40. The Morgan fingerprint density at radius 2 is 1.89 bits per heavy atom. The molecule has 0 bridgehead atoms. The van der Waals surface area contributed by atoms with Gasteiger partial charge in [-0.05, 0) is 37.5 Å². The van der Waals surface area contributed by atoms with Crippen LogP contribution in [-0.2, 0) is 16.4 Å². The fourth-order valence-corrected chi connectivity index (χ4v) is 2.76. The van der Waals surface area contributed by atoms with Crippen LogP contribution in [0.2, 0.25) is 0 Å². The lowest BCUT2D eigenvalue weighted by molar-refractivity contribution is 0.578. The fourth-order valence-electron chi connectivity index (χ4n) is 1.60. The molecule has 0 aliphatic carbocycles. The molecule has 1 aromatic carbocycles. The second-order valence-electron chi connectivity index (χ2n) is 4.36. The van der Waals surface area contributed by atoms with Gasteiger partial charge in [0.05, 0.1) is 4.90 Å². The summed E-state index contributed by atoms with van der Waals surface area (Å²) in [5.41, 5.74) is 1.16. The number of aryl methyl sites for hydroxylation is 1. The van der Waals surface area contributed by atoms with Crippen LogP contribution in [0.3, 0.4) is 0 Å². The molecule has 0 heterocycles. The van der Waals surface area contributed by atoms with Gasteiger partial charge in [0.1, 0.15) is 0 Å². The minimum Gasteiger partial charge on any atom is -0.211 e. The average molecular weight is 290 g/mol. The summed E-state index contributed by atoms with van der Waals surface area (Å²) < 4.78 is 26.4. The highest BCUT2D eigenvalue weighted by atomic mass is 35.5. The maximum atomic E-state index is 11.9. The van der Waals surface area contributed by atoms with E-state index >= 15 is 0 Å².